The highest BCUT2D eigenvalue weighted by molar-refractivity contribution is 7.89. The molecular weight excluding hydrogens is 340 g/mol. The van der Waals surface area contributed by atoms with Crippen LogP contribution in [0.25, 0.3) is 0 Å². The molecule has 0 aromatic heterocycles. The minimum absolute atomic E-state index is 0.0252. The van der Waals surface area contributed by atoms with E-state index in [0.717, 1.165) is 18.2 Å². The summed E-state index contributed by atoms with van der Waals surface area (Å²) in [4.78, 5) is -0.0252. The van der Waals surface area contributed by atoms with E-state index in [1.54, 1.807) is 0 Å². The van der Waals surface area contributed by atoms with E-state index in [-0.39, 0.29) is 22.0 Å². The summed E-state index contributed by atoms with van der Waals surface area (Å²) >= 11 is 0. The van der Waals surface area contributed by atoms with Crippen LogP contribution in [0.1, 0.15) is 23.7 Å². The molecule has 1 unspecified atom stereocenters. The number of aliphatic hydroxyl groups is 1. The smallest absolute Gasteiger partial charge is 0.240 e. The molecule has 0 amide bonds. The lowest BCUT2D eigenvalue weighted by atomic mass is 10.1. The molecule has 0 saturated carbocycles. The summed E-state index contributed by atoms with van der Waals surface area (Å²) in [7, 11) is -2.46. The lowest BCUT2D eigenvalue weighted by Crippen LogP contribution is -2.20. The van der Waals surface area contributed by atoms with Crippen LogP contribution < -0.4 is 9.46 Å². The molecule has 0 aliphatic heterocycles. The lowest BCUT2D eigenvalue weighted by Gasteiger charge is -2.15. The highest BCUT2D eigenvalue weighted by atomic mass is 32.2. The van der Waals surface area contributed by atoms with E-state index in [4.69, 9.17) is 4.74 Å². The molecule has 1 aliphatic carbocycles. The van der Waals surface area contributed by atoms with Crippen LogP contribution in [0, 0.1) is 11.6 Å². The lowest BCUT2D eigenvalue weighted by molar-refractivity contribution is 0.177. The van der Waals surface area contributed by atoms with Crippen LogP contribution in [0.4, 0.5) is 8.78 Å². The zero-order chi connectivity index (χ0) is 17.5. The number of sulfonamides is 1. The van der Waals surface area contributed by atoms with E-state index >= 15 is 0 Å². The predicted molar refractivity (Wildman–Crippen MR) is 82.4 cm³/mol. The number of hydrogen-bond donors (Lipinski definition) is 2. The first-order valence-electron chi connectivity index (χ1n) is 7.23. The molecule has 2 aromatic rings. The zero-order valence-corrected chi connectivity index (χ0v) is 13.5. The number of halogens is 2. The fourth-order valence-corrected chi connectivity index (χ4v) is 3.84. The standard InChI is InChI=1S/C16H15F2NO4S/c1-19-24(21,22)15-5-4-14(12-2-3-13(20)16(12)15)23-11-7-9(17)6-10(18)8-11/h4-8,13,19-20H,2-3H2,1H3. The third-order valence-corrected chi connectivity index (χ3v) is 5.37. The first kappa shape index (κ1) is 16.8. The molecule has 0 bridgehead atoms. The van der Waals surface area contributed by atoms with E-state index in [9.17, 15) is 22.3 Å². The van der Waals surface area contributed by atoms with Gasteiger partial charge in [-0.15, -0.1) is 0 Å². The Labute approximate surface area is 137 Å². The van der Waals surface area contributed by atoms with Crippen molar-refractivity contribution in [2.45, 2.75) is 23.8 Å². The third kappa shape index (κ3) is 3.00. The number of benzene rings is 2. The molecular formula is C16H15F2NO4S. The van der Waals surface area contributed by atoms with Crippen molar-refractivity contribution in [3.8, 4) is 11.5 Å². The molecule has 8 heteroatoms. The van der Waals surface area contributed by atoms with Crippen molar-refractivity contribution in [3.05, 3.63) is 53.1 Å². The Kier molecular flexibility index (Phi) is 4.29. The molecule has 1 aliphatic rings. The molecule has 24 heavy (non-hydrogen) atoms. The molecule has 0 fully saturated rings. The van der Waals surface area contributed by atoms with Crippen molar-refractivity contribution in [1.29, 1.82) is 0 Å². The van der Waals surface area contributed by atoms with E-state index in [1.165, 1.54) is 19.2 Å². The second-order valence-corrected chi connectivity index (χ2v) is 7.28. The average molecular weight is 355 g/mol. The monoisotopic (exact) mass is 355 g/mol. The third-order valence-electron chi connectivity index (χ3n) is 3.90. The van der Waals surface area contributed by atoms with Gasteiger partial charge in [0.05, 0.1) is 11.0 Å². The van der Waals surface area contributed by atoms with Gasteiger partial charge in [-0.25, -0.2) is 21.9 Å². The largest absolute Gasteiger partial charge is 0.457 e. The number of aliphatic hydroxyl groups excluding tert-OH is 1. The van der Waals surface area contributed by atoms with Crippen LogP contribution in [-0.2, 0) is 16.4 Å². The minimum Gasteiger partial charge on any atom is -0.457 e. The van der Waals surface area contributed by atoms with Crippen molar-refractivity contribution in [2.24, 2.45) is 0 Å². The van der Waals surface area contributed by atoms with Crippen LogP contribution >= 0.6 is 0 Å². The van der Waals surface area contributed by atoms with E-state index in [1.807, 2.05) is 0 Å². The van der Waals surface area contributed by atoms with Gasteiger partial charge >= 0.3 is 0 Å². The minimum atomic E-state index is -3.74. The van der Waals surface area contributed by atoms with Crippen molar-refractivity contribution >= 4 is 10.0 Å². The topological polar surface area (TPSA) is 75.6 Å². The SMILES string of the molecule is CNS(=O)(=O)c1ccc(Oc2cc(F)cc(F)c2)c2c1C(O)CC2. The van der Waals surface area contributed by atoms with E-state index < -0.39 is 27.8 Å². The molecule has 2 aromatic carbocycles. The molecule has 0 saturated heterocycles. The number of nitrogens with one attached hydrogen (secondary N) is 1. The normalized spacial score (nSPS) is 16.9. The maximum absolute atomic E-state index is 13.3. The van der Waals surface area contributed by atoms with Crippen LogP contribution in [0.3, 0.4) is 0 Å². The Balaban J connectivity index is 2.08. The summed E-state index contributed by atoms with van der Waals surface area (Å²) in [5, 5.41) is 10.1. The summed E-state index contributed by atoms with van der Waals surface area (Å²) in [5.41, 5.74) is 0.780. The fraction of sp³-hybridized carbons (Fsp3) is 0.250. The van der Waals surface area contributed by atoms with Crippen molar-refractivity contribution < 1.29 is 27.0 Å². The van der Waals surface area contributed by atoms with Gasteiger partial charge in [0.2, 0.25) is 10.0 Å². The Hall–Kier alpha value is -2.03. The van der Waals surface area contributed by atoms with Crippen molar-refractivity contribution in [3.63, 3.8) is 0 Å². The highest BCUT2D eigenvalue weighted by Gasteiger charge is 2.31. The van der Waals surface area contributed by atoms with Crippen LogP contribution in [0.15, 0.2) is 35.2 Å². The Morgan fingerprint density at radius 3 is 2.50 bits per heavy atom. The maximum atomic E-state index is 13.3. The van der Waals surface area contributed by atoms with Gasteiger partial charge < -0.3 is 9.84 Å². The van der Waals surface area contributed by atoms with Gasteiger partial charge in [0, 0.05) is 29.3 Å². The van der Waals surface area contributed by atoms with Gasteiger partial charge in [-0.2, -0.15) is 0 Å². The number of hydrogen-bond acceptors (Lipinski definition) is 4. The van der Waals surface area contributed by atoms with Crippen LogP contribution in [0.5, 0.6) is 11.5 Å². The van der Waals surface area contributed by atoms with Gasteiger partial charge in [0.25, 0.3) is 0 Å². The quantitative estimate of drug-likeness (QED) is 0.884. The second kappa shape index (κ2) is 6.12. The number of fused-ring (bicyclic) bond motifs is 1. The van der Waals surface area contributed by atoms with E-state index in [0.29, 0.717) is 18.4 Å². The molecule has 2 N–H and O–H groups in total. The maximum Gasteiger partial charge on any atom is 0.240 e. The molecule has 5 nitrogen and oxygen atoms in total. The summed E-state index contributed by atoms with van der Waals surface area (Å²) in [6.45, 7) is 0. The average Bonchev–Trinajstić information content (AvgIpc) is 2.89. The molecule has 128 valence electrons. The zero-order valence-electron chi connectivity index (χ0n) is 12.7. The Morgan fingerprint density at radius 1 is 1.21 bits per heavy atom. The van der Waals surface area contributed by atoms with E-state index in [2.05, 4.69) is 4.72 Å². The number of ether oxygens (including phenoxy) is 1. The first-order valence-corrected chi connectivity index (χ1v) is 8.71. The number of rotatable bonds is 4. The summed E-state index contributed by atoms with van der Waals surface area (Å²) in [5.74, 6) is -1.34. The molecule has 0 spiro atoms. The fourth-order valence-electron chi connectivity index (χ4n) is 2.83. The van der Waals surface area contributed by atoms with Gasteiger partial charge in [-0.3, -0.25) is 0 Å². The van der Waals surface area contributed by atoms with Crippen LogP contribution in [0.2, 0.25) is 0 Å². The van der Waals surface area contributed by atoms with Crippen molar-refractivity contribution in [1.82, 2.24) is 4.72 Å². The van der Waals surface area contributed by atoms with Gasteiger partial charge in [0.15, 0.2) is 0 Å². The van der Waals surface area contributed by atoms with Gasteiger partial charge in [-0.05, 0) is 32.0 Å². The van der Waals surface area contributed by atoms with Crippen LogP contribution in [-0.4, -0.2) is 20.6 Å². The molecule has 1 atom stereocenters. The van der Waals surface area contributed by atoms with Gasteiger partial charge in [0.1, 0.15) is 23.1 Å². The van der Waals surface area contributed by atoms with Gasteiger partial charge in [-0.1, -0.05) is 0 Å². The highest BCUT2D eigenvalue weighted by Crippen LogP contribution is 2.42. The molecule has 3 rings (SSSR count). The summed E-state index contributed by atoms with van der Waals surface area (Å²) in [6.07, 6.45) is -0.193. The summed E-state index contributed by atoms with van der Waals surface area (Å²) in [6, 6.07) is 5.51. The first-order chi connectivity index (χ1) is 11.3. The molecule has 0 radical (unpaired) electrons. The Morgan fingerprint density at radius 2 is 1.88 bits per heavy atom. The molecule has 0 heterocycles. The Bertz CT molecular complexity index is 879. The van der Waals surface area contributed by atoms with Crippen molar-refractivity contribution in [2.75, 3.05) is 7.05 Å². The summed E-state index contributed by atoms with van der Waals surface area (Å²) < 4.78 is 58.5. The second-order valence-electron chi connectivity index (χ2n) is 5.42. The predicted octanol–water partition coefficient (Wildman–Crippen LogP) is 2.64.